The molecule has 2 aliphatic heterocycles. The van der Waals surface area contributed by atoms with Gasteiger partial charge in [0.1, 0.15) is 0 Å². The minimum atomic E-state index is 0.875. The number of hydrogen-bond acceptors (Lipinski definition) is 3. The molecule has 0 amide bonds. The van der Waals surface area contributed by atoms with Crippen molar-refractivity contribution in [3.05, 3.63) is 35.4 Å². The third-order valence-corrected chi connectivity index (χ3v) is 5.16. The molecule has 2 saturated heterocycles. The molecule has 0 unspecified atom stereocenters. The van der Waals surface area contributed by atoms with Gasteiger partial charge in [-0.05, 0) is 56.6 Å². The molecule has 0 N–H and O–H groups in total. The molecule has 0 saturated carbocycles. The standard InChI is InChI=1S/C19H31N3/c1-17-8-11-22(14-17)16-19-6-4-18(5-7-19)15-21-10-3-9-20(2)12-13-21/h4-7,17H,3,8-16H2,1-2H3/t17-/m1/s1. The van der Waals surface area contributed by atoms with Gasteiger partial charge in [0.15, 0.2) is 0 Å². The van der Waals surface area contributed by atoms with E-state index in [9.17, 15) is 0 Å². The summed E-state index contributed by atoms with van der Waals surface area (Å²) >= 11 is 0. The van der Waals surface area contributed by atoms with Crippen molar-refractivity contribution < 1.29 is 0 Å². The number of nitrogens with zero attached hydrogens (tertiary/aromatic N) is 3. The number of likely N-dealkylation sites (tertiary alicyclic amines) is 1. The second-order valence-electron chi connectivity index (χ2n) is 7.38. The Morgan fingerprint density at radius 1 is 0.864 bits per heavy atom. The average molecular weight is 301 g/mol. The molecule has 0 aromatic heterocycles. The van der Waals surface area contributed by atoms with Crippen molar-refractivity contribution in [3.8, 4) is 0 Å². The van der Waals surface area contributed by atoms with Crippen molar-refractivity contribution >= 4 is 0 Å². The second-order valence-corrected chi connectivity index (χ2v) is 7.38. The van der Waals surface area contributed by atoms with Crippen LogP contribution in [0.5, 0.6) is 0 Å². The Kier molecular flexibility index (Phi) is 5.51. The van der Waals surface area contributed by atoms with Gasteiger partial charge in [0, 0.05) is 32.7 Å². The summed E-state index contributed by atoms with van der Waals surface area (Å²) in [6.07, 6.45) is 2.66. The first-order valence-corrected chi connectivity index (χ1v) is 8.90. The minimum Gasteiger partial charge on any atom is -0.305 e. The van der Waals surface area contributed by atoms with Crippen LogP contribution in [-0.2, 0) is 13.1 Å². The summed E-state index contributed by atoms with van der Waals surface area (Å²) in [7, 11) is 2.23. The highest BCUT2D eigenvalue weighted by Gasteiger charge is 2.18. The van der Waals surface area contributed by atoms with Crippen molar-refractivity contribution in [3.63, 3.8) is 0 Å². The van der Waals surface area contributed by atoms with Crippen LogP contribution in [0.25, 0.3) is 0 Å². The summed E-state index contributed by atoms with van der Waals surface area (Å²) in [4.78, 5) is 7.63. The van der Waals surface area contributed by atoms with E-state index < -0.39 is 0 Å². The molecule has 1 atom stereocenters. The number of benzene rings is 1. The lowest BCUT2D eigenvalue weighted by Crippen LogP contribution is -2.28. The van der Waals surface area contributed by atoms with Gasteiger partial charge in [-0.3, -0.25) is 9.80 Å². The Hall–Kier alpha value is -0.900. The molecular formula is C19H31N3. The first kappa shape index (κ1) is 16.0. The summed E-state index contributed by atoms with van der Waals surface area (Å²) in [6, 6.07) is 9.34. The van der Waals surface area contributed by atoms with Crippen LogP contribution in [0, 0.1) is 5.92 Å². The topological polar surface area (TPSA) is 9.72 Å². The fraction of sp³-hybridized carbons (Fsp3) is 0.684. The van der Waals surface area contributed by atoms with Crippen molar-refractivity contribution in [1.29, 1.82) is 0 Å². The number of hydrogen-bond donors (Lipinski definition) is 0. The van der Waals surface area contributed by atoms with Gasteiger partial charge in [-0.15, -0.1) is 0 Å². The molecule has 1 aromatic carbocycles. The van der Waals surface area contributed by atoms with Crippen LogP contribution < -0.4 is 0 Å². The van der Waals surface area contributed by atoms with Gasteiger partial charge in [0.25, 0.3) is 0 Å². The van der Waals surface area contributed by atoms with Crippen molar-refractivity contribution in [2.24, 2.45) is 5.92 Å². The van der Waals surface area contributed by atoms with E-state index in [1.807, 2.05) is 0 Å². The fourth-order valence-corrected chi connectivity index (χ4v) is 3.69. The monoisotopic (exact) mass is 301 g/mol. The summed E-state index contributed by atoms with van der Waals surface area (Å²) in [5, 5.41) is 0. The second kappa shape index (κ2) is 7.58. The Labute approximate surface area is 135 Å². The minimum absolute atomic E-state index is 0.875. The van der Waals surface area contributed by atoms with E-state index in [1.54, 1.807) is 0 Å². The van der Waals surface area contributed by atoms with Crippen LogP contribution in [0.2, 0.25) is 0 Å². The third-order valence-electron chi connectivity index (χ3n) is 5.16. The molecule has 2 fully saturated rings. The predicted molar refractivity (Wildman–Crippen MR) is 92.9 cm³/mol. The maximum atomic E-state index is 2.60. The zero-order valence-corrected chi connectivity index (χ0v) is 14.3. The van der Waals surface area contributed by atoms with E-state index in [0.29, 0.717) is 0 Å². The molecule has 22 heavy (non-hydrogen) atoms. The maximum Gasteiger partial charge on any atom is 0.0234 e. The molecule has 3 heteroatoms. The third kappa shape index (κ3) is 4.55. The van der Waals surface area contributed by atoms with Gasteiger partial charge in [-0.1, -0.05) is 31.2 Å². The van der Waals surface area contributed by atoms with E-state index in [1.165, 1.54) is 63.2 Å². The maximum absolute atomic E-state index is 2.60. The van der Waals surface area contributed by atoms with Crippen LogP contribution in [0.4, 0.5) is 0 Å². The molecule has 3 nitrogen and oxygen atoms in total. The summed E-state index contributed by atoms with van der Waals surface area (Å²) in [6.45, 7) is 12.0. The summed E-state index contributed by atoms with van der Waals surface area (Å²) in [5.74, 6) is 0.875. The summed E-state index contributed by atoms with van der Waals surface area (Å²) < 4.78 is 0. The highest BCUT2D eigenvalue weighted by atomic mass is 15.2. The van der Waals surface area contributed by atoms with E-state index in [-0.39, 0.29) is 0 Å². The molecule has 0 radical (unpaired) electrons. The number of rotatable bonds is 4. The Balaban J connectivity index is 1.50. The van der Waals surface area contributed by atoms with Gasteiger partial charge in [0.2, 0.25) is 0 Å². The van der Waals surface area contributed by atoms with Crippen LogP contribution in [0.3, 0.4) is 0 Å². The molecule has 3 rings (SSSR count). The molecule has 122 valence electrons. The van der Waals surface area contributed by atoms with Crippen molar-refractivity contribution in [1.82, 2.24) is 14.7 Å². The first-order valence-electron chi connectivity index (χ1n) is 8.90. The largest absolute Gasteiger partial charge is 0.305 e. The molecule has 0 aliphatic carbocycles. The van der Waals surface area contributed by atoms with E-state index in [0.717, 1.165) is 19.0 Å². The van der Waals surface area contributed by atoms with Gasteiger partial charge in [-0.2, -0.15) is 0 Å². The Bertz CT molecular complexity index is 456. The van der Waals surface area contributed by atoms with Crippen LogP contribution >= 0.6 is 0 Å². The van der Waals surface area contributed by atoms with Gasteiger partial charge < -0.3 is 4.90 Å². The van der Waals surface area contributed by atoms with Crippen LogP contribution in [0.1, 0.15) is 30.9 Å². The van der Waals surface area contributed by atoms with Crippen LogP contribution in [-0.4, -0.2) is 61.0 Å². The van der Waals surface area contributed by atoms with E-state index in [2.05, 4.69) is 52.9 Å². The molecule has 2 heterocycles. The highest BCUT2D eigenvalue weighted by Crippen LogP contribution is 2.18. The average Bonchev–Trinajstić information content (AvgIpc) is 2.80. The van der Waals surface area contributed by atoms with Gasteiger partial charge in [0.05, 0.1) is 0 Å². The lowest BCUT2D eigenvalue weighted by molar-refractivity contribution is 0.269. The van der Waals surface area contributed by atoms with Gasteiger partial charge >= 0.3 is 0 Å². The predicted octanol–water partition coefficient (Wildman–Crippen LogP) is 2.67. The van der Waals surface area contributed by atoms with Crippen molar-refractivity contribution in [2.75, 3.05) is 46.3 Å². The quantitative estimate of drug-likeness (QED) is 0.846. The highest BCUT2D eigenvalue weighted by molar-refractivity contribution is 5.22. The smallest absolute Gasteiger partial charge is 0.0234 e. The molecule has 0 spiro atoms. The molecule has 1 aromatic rings. The van der Waals surface area contributed by atoms with Gasteiger partial charge in [-0.25, -0.2) is 0 Å². The Morgan fingerprint density at radius 2 is 1.55 bits per heavy atom. The summed E-state index contributed by atoms with van der Waals surface area (Å²) in [5.41, 5.74) is 2.93. The molecule has 2 aliphatic rings. The normalized spacial score (nSPS) is 25.5. The first-order chi connectivity index (χ1) is 10.7. The molecular weight excluding hydrogens is 270 g/mol. The SMILES string of the molecule is C[C@@H]1CCN(Cc2ccc(CN3CCCN(C)CC3)cc2)C1. The van der Waals surface area contributed by atoms with Crippen LogP contribution in [0.15, 0.2) is 24.3 Å². The molecule has 0 bridgehead atoms. The lowest BCUT2D eigenvalue weighted by Gasteiger charge is -2.20. The number of likely N-dealkylation sites (N-methyl/N-ethyl adjacent to an activating group) is 1. The zero-order valence-electron chi connectivity index (χ0n) is 14.3. The zero-order chi connectivity index (χ0) is 15.4. The van der Waals surface area contributed by atoms with Crippen molar-refractivity contribution in [2.45, 2.75) is 32.9 Å². The lowest BCUT2D eigenvalue weighted by atomic mass is 10.1. The van der Waals surface area contributed by atoms with E-state index in [4.69, 9.17) is 0 Å². The Morgan fingerprint density at radius 3 is 2.18 bits per heavy atom. The van der Waals surface area contributed by atoms with E-state index >= 15 is 0 Å². The fourth-order valence-electron chi connectivity index (χ4n) is 3.69.